The third kappa shape index (κ3) is 4.71. The number of halogens is 1. The Hall–Kier alpha value is -2.70. The fraction of sp³-hybridized carbons (Fsp3) is 0.400. The predicted molar refractivity (Wildman–Crippen MR) is 123 cm³/mol. The first kappa shape index (κ1) is 21.2. The van der Waals surface area contributed by atoms with E-state index in [1.54, 1.807) is 0 Å². The Balaban J connectivity index is 1.14. The average molecular weight is 451 g/mol. The van der Waals surface area contributed by atoms with E-state index in [0.29, 0.717) is 23.3 Å². The van der Waals surface area contributed by atoms with E-state index < -0.39 is 0 Å². The number of amides is 1. The molecule has 1 aromatic heterocycles. The number of benzene rings is 2. The molecule has 2 aromatic carbocycles. The van der Waals surface area contributed by atoms with Crippen molar-refractivity contribution >= 4 is 17.5 Å². The lowest BCUT2D eigenvalue weighted by Gasteiger charge is -2.32. The highest BCUT2D eigenvalue weighted by molar-refractivity contribution is 6.30. The first-order chi connectivity index (χ1) is 15.7. The Kier molecular flexibility index (Phi) is 6.23. The molecule has 1 aliphatic heterocycles. The lowest BCUT2D eigenvalue weighted by atomic mass is 9.87. The number of carbonyl (C=O) groups excluding carboxylic acids is 1. The number of nitrogens with one attached hydrogen (secondary N) is 1. The normalized spacial score (nSPS) is 19.5. The van der Waals surface area contributed by atoms with Crippen LogP contribution < -0.4 is 5.32 Å². The highest BCUT2D eigenvalue weighted by Crippen LogP contribution is 2.30. The molecule has 2 heterocycles. The van der Waals surface area contributed by atoms with Crippen LogP contribution in [0.4, 0.5) is 0 Å². The maximum absolute atomic E-state index is 12.9. The molecule has 1 aliphatic carbocycles. The summed E-state index contributed by atoms with van der Waals surface area (Å²) in [6.45, 7) is 2.28. The molecule has 0 saturated carbocycles. The van der Waals surface area contributed by atoms with Crippen molar-refractivity contribution in [1.82, 2.24) is 20.4 Å². The molecule has 0 radical (unpaired) electrons. The Morgan fingerprint density at radius 3 is 2.81 bits per heavy atom. The molecule has 1 saturated heterocycles. The van der Waals surface area contributed by atoms with Crippen molar-refractivity contribution in [3.63, 3.8) is 0 Å². The Morgan fingerprint density at radius 1 is 1.12 bits per heavy atom. The van der Waals surface area contributed by atoms with E-state index in [9.17, 15) is 4.79 Å². The Bertz CT molecular complexity index is 1090. The Morgan fingerprint density at radius 2 is 1.97 bits per heavy atom. The smallest absolute Gasteiger partial charge is 0.241 e. The second kappa shape index (κ2) is 9.43. The van der Waals surface area contributed by atoms with Gasteiger partial charge in [0, 0.05) is 16.5 Å². The number of rotatable bonds is 5. The number of hydrogen-bond acceptors (Lipinski definition) is 5. The topological polar surface area (TPSA) is 71.3 Å². The number of hydrogen-bond donors (Lipinski definition) is 1. The number of piperidine rings is 1. The lowest BCUT2D eigenvalue weighted by Crippen LogP contribution is -2.41. The maximum atomic E-state index is 12.9. The lowest BCUT2D eigenvalue weighted by molar-refractivity contribution is -0.127. The summed E-state index contributed by atoms with van der Waals surface area (Å²) in [6, 6.07) is 16.1. The second-order valence-electron chi connectivity index (χ2n) is 8.72. The molecule has 6 nitrogen and oxygen atoms in total. The van der Waals surface area contributed by atoms with Crippen LogP contribution in [0.25, 0.3) is 11.4 Å². The summed E-state index contributed by atoms with van der Waals surface area (Å²) in [7, 11) is 0. The quantitative estimate of drug-likeness (QED) is 0.604. The molecule has 1 fully saturated rings. The number of likely N-dealkylation sites (tertiary alicyclic amines) is 1. The SMILES string of the molecule is O=C(NC1CCCc2ccccc21)C1CCN(Cc2nc(-c3cccc(Cl)c3)no2)CC1. The average Bonchev–Trinajstić information content (AvgIpc) is 3.28. The molecule has 1 unspecified atom stereocenters. The van der Waals surface area contributed by atoms with Gasteiger partial charge in [0.2, 0.25) is 17.6 Å². The van der Waals surface area contributed by atoms with Crippen LogP contribution in [-0.2, 0) is 17.8 Å². The van der Waals surface area contributed by atoms with E-state index in [-0.39, 0.29) is 17.9 Å². The van der Waals surface area contributed by atoms with Gasteiger partial charge in [-0.15, -0.1) is 0 Å². The molecule has 0 bridgehead atoms. The molecule has 32 heavy (non-hydrogen) atoms. The van der Waals surface area contributed by atoms with E-state index in [4.69, 9.17) is 16.1 Å². The van der Waals surface area contributed by atoms with Crippen LogP contribution in [0.1, 0.15) is 48.7 Å². The standard InChI is InChI=1S/C25H27ClN4O2/c26-20-8-3-7-19(15-20)24-28-23(32-29-24)16-30-13-11-18(12-14-30)25(31)27-22-10-4-6-17-5-1-2-9-21(17)22/h1-3,5,7-9,15,18,22H,4,6,10-14,16H2,(H,27,31). The van der Waals surface area contributed by atoms with Gasteiger partial charge in [0.05, 0.1) is 12.6 Å². The molecule has 2 aliphatic rings. The first-order valence-electron chi connectivity index (χ1n) is 11.3. The van der Waals surface area contributed by atoms with Crippen molar-refractivity contribution in [3.05, 3.63) is 70.6 Å². The van der Waals surface area contributed by atoms with Crippen LogP contribution in [0.3, 0.4) is 0 Å². The van der Waals surface area contributed by atoms with Crippen molar-refractivity contribution in [2.45, 2.75) is 44.7 Å². The summed E-state index contributed by atoms with van der Waals surface area (Å²) in [4.78, 5) is 19.7. The van der Waals surface area contributed by atoms with E-state index in [1.165, 1.54) is 11.1 Å². The third-order valence-electron chi connectivity index (χ3n) is 6.55. The van der Waals surface area contributed by atoms with Crippen LogP contribution in [0.2, 0.25) is 5.02 Å². The summed E-state index contributed by atoms with van der Waals surface area (Å²) in [5.74, 6) is 1.38. The maximum Gasteiger partial charge on any atom is 0.241 e. The summed E-state index contributed by atoms with van der Waals surface area (Å²) >= 11 is 6.06. The van der Waals surface area contributed by atoms with Crippen LogP contribution >= 0.6 is 11.6 Å². The van der Waals surface area contributed by atoms with Gasteiger partial charge in [0.1, 0.15) is 0 Å². The van der Waals surface area contributed by atoms with Crippen molar-refractivity contribution in [1.29, 1.82) is 0 Å². The van der Waals surface area contributed by atoms with Crippen LogP contribution in [0.5, 0.6) is 0 Å². The van der Waals surface area contributed by atoms with Crippen LogP contribution in [-0.4, -0.2) is 34.0 Å². The highest BCUT2D eigenvalue weighted by Gasteiger charge is 2.29. The molecule has 3 aromatic rings. The summed E-state index contributed by atoms with van der Waals surface area (Å²) in [5.41, 5.74) is 3.50. The zero-order chi connectivity index (χ0) is 21.9. The molecule has 1 atom stereocenters. The van der Waals surface area contributed by atoms with E-state index >= 15 is 0 Å². The number of carbonyl (C=O) groups is 1. The van der Waals surface area contributed by atoms with Crippen molar-refractivity contribution in [3.8, 4) is 11.4 Å². The monoisotopic (exact) mass is 450 g/mol. The molecule has 1 N–H and O–H groups in total. The van der Waals surface area contributed by atoms with Gasteiger partial charge in [-0.3, -0.25) is 9.69 Å². The minimum atomic E-state index is 0.0602. The number of fused-ring (bicyclic) bond motifs is 1. The van der Waals surface area contributed by atoms with Gasteiger partial charge in [-0.1, -0.05) is 53.2 Å². The summed E-state index contributed by atoms with van der Waals surface area (Å²) in [5, 5.41) is 8.05. The van der Waals surface area contributed by atoms with E-state index in [2.05, 4.69) is 44.6 Å². The molecule has 5 rings (SSSR count). The van der Waals surface area contributed by atoms with Crippen LogP contribution in [0, 0.1) is 5.92 Å². The van der Waals surface area contributed by atoms with Gasteiger partial charge in [-0.25, -0.2) is 0 Å². The minimum absolute atomic E-state index is 0.0602. The molecular formula is C25H27ClN4O2. The van der Waals surface area contributed by atoms with E-state index in [1.807, 2.05) is 24.3 Å². The largest absolute Gasteiger partial charge is 0.349 e. The number of nitrogens with zero attached hydrogens (tertiary/aromatic N) is 3. The van der Waals surface area contributed by atoms with Gasteiger partial charge in [-0.05, 0) is 68.5 Å². The molecule has 166 valence electrons. The zero-order valence-corrected chi connectivity index (χ0v) is 18.7. The fourth-order valence-corrected chi connectivity index (χ4v) is 4.99. The number of aromatic nitrogens is 2. The van der Waals surface area contributed by atoms with E-state index in [0.717, 1.165) is 50.8 Å². The van der Waals surface area contributed by atoms with Crippen molar-refractivity contribution < 1.29 is 9.32 Å². The van der Waals surface area contributed by atoms with Gasteiger partial charge >= 0.3 is 0 Å². The zero-order valence-electron chi connectivity index (χ0n) is 18.0. The van der Waals surface area contributed by atoms with Gasteiger partial charge < -0.3 is 9.84 Å². The molecule has 0 spiro atoms. The van der Waals surface area contributed by atoms with Crippen LogP contribution in [0.15, 0.2) is 53.1 Å². The first-order valence-corrected chi connectivity index (χ1v) is 11.7. The van der Waals surface area contributed by atoms with Gasteiger partial charge in [0.15, 0.2) is 0 Å². The highest BCUT2D eigenvalue weighted by atomic mass is 35.5. The van der Waals surface area contributed by atoms with Crippen molar-refractivity contribution in [2.24, 2.45) is 5.92 Å². The molecular weight excluding hydrogens is 424 g/mol. The molecule has 1 amide bonds. The Labute approximate surface area is 193 Å². The number of aryl methyl sites for hydroxylation is 1. The van der Waals surface area contributed by atoms with Gasteiger partial charge in [0.25, 0.3) is 0 Å². The van der Waals surface area contributed by atoms with Gasteiger partial charge in [-0.2, -0.15) is 4.98 Å². The predicted octanol–water partition coefficient (Wildman–Crippen LogP) is 4.80. The summed E-state index contributed by atoms with van der Waals surface area (Å²) < 4.78 is 5.44. The fourth-order valence-electron chi connectivity index (χ4n) is 4.80. The summed E-state index contributed by atoms with van der Waals surface area (Å²) in [6.07, 6.45) is 4.94. The molecule has 7 heteroatoms. The van der Waals surface area contributed by atoms with Crippen molar-refractivity contribution in [2.75, 3.05) is 13.1 Å². The second-order valence-corrected chi connectivity index (χ2v) is 9.16. The minimum Gasteiger partial charge on any atom is -0.349 e. The third-order valence-corrected chi connectivity index (χ3v) is 6.79.